The summed E-state index contributed by atoms with van der Waals surface area (Å²) >= 11 is 0. The van der Waals surface area contributed by atoms with Crippen molar-refractivity contribution in [1.29, 1.82) is 0 Å². The van der Waals surface area contributed by atoms with Crippen molar-refractivity contribution < 1.29 is 23.4 Å². The van der Waals surface area contributed by atoms with Crippen molar-refractivity contribution >= 4 is 5.97 Å². The molecule has 94 valence electrons. The van der Waals surface area contributed by atoms with E-state index in [4.69, 9.17) is 5.73 Å². The van der Waals surface area contributed by atoms with Gasteiger partial charge in [0.05, 0.1) is 6.61 Å². The molecule has 0 aromatic heterocycles. The summed E-state index contributed by atoms with van der Waals surface area (Å²) in [6.07, 6.45) is -0.195. The number of ether oxygens (including phenoxy) is 1. The lowest BCUT2D eigenvalue weighted by atomic mass is 10.1. The van der Waals surface area contributed by atoms with Gasteiger partial charge in [0.1, 0.15) is 11.9 Å². The first-order valence-corrected chi connectivity index (χ1v) is 5.04. The fraction of sp³-hybridized carbons (Fsp3) is 0.364. The maximum atomic E-state index is 13.0. The van der Waals surface area contributed by atoms with Crippen molar-refractivity contribution in [3.63, 3.8) is 0 Å². The van der Waals surface area contributed by atoms with Gasteiger partial charge in [-0.3, -0.25) is 4.79 Å². The molecule has 1 rings (SSSR count). The SMILES string of the molecule is CCOC(=O)C(N)Cc1cc(F)cc(F)c1O. The molecule has 4 nitrogen and oxygen atoms in total. The number of aromatic hydroxyl groups is 1. The van der Waals surface area contributed by atoms with E-state index in [1.807, 2.05) is 0 Å². The van der Waals surface area contributed by atoms with Crippen LogP contribution in [-0.2, 0) is 16.0 Å². The molecule has 1 unspecified atom stereocenters. The Balaban J connectivity index is 2.84. The molecule has 6 heteroatoms. The number of rotatable bonds is 4. The van der Waals surface area contributed by atoms with E-state index in [0.29, 0.717) is 6.07 Å². The van der Waals surface area contributed by atoms with Gasteiger partial charge in [-0.1, -0.05) is 0 Å². The Morgan fingerprint density at radius 2 is 2.18 bits per heavy atom. The zero-order valence-corrected chi connectivity index (χ0v) is 9.24. The Hall–Kier alpha value is -1.69. The first-order valence-electron chi connectivity index (χ1n) is 5.04. The first-order chi connectivity index (χ1) is 7.95. The van der Waals surface area contributed by atoms with Crippen molar-refractivity contribution in [1.82, 2.24) is 0 Å². The third-order valence-electron chi connectivity index (χ3n) is 2.14. The van der Waals surface area contributed by atoms with E-state index < -0.39 is 29.4 Å². The van der Waals surface area contributed by atoms with Crippen LogP contribution in [0, 0.1) is 11.6 Å². The van der Waals surface area contributed by atoms with Crippen LogP contribution in [0.1, 0.15) is 12.5 Å². The molecule has 0 aliphatic carbocycles. The fourth-order valence-electron chi connectivity index (χ4n) is 1.34. The van der Waals surface area contributed by atoms with Crippen molar-refractivity contribution in [3.8, 4) is 5.75 Å². The molecular formula is C11H13F2NO3. The van der Waals surface area contributed by atoms with E-state index >= 15 is 0 Å². The topological polar surface area (TPSA) is 72.5 Å². The zero-order chi connectivity index (χ0) is 13.0. The minimum absolute atomic E-state index is 0.0666. The number of esters is 1. The number of benzene rings is 1. The molecule has 0 spiro atoms. The number of phenols is 1. The van der Waals surface area contributed by atoms with Gasteiger partial charge in [0.15, 0.2) is 11.6 Å². The van der Waals surface area contributed by atoms with Crippen LogP contribution in [-0.4, -0.2) is 23.7 Å². The second-order valence-electron chi connectivity index (χ2n) is 3.46. The number of carbonyl (C=O) groups excluding carboxylic acids is 1. The van der Waals surface area contributed by atoms with Crippen LogP contribution in [0.15, 0.2) is 12.1 Å². The first kappa shape index (κ1) is 13.4. The van der Waals surface area contributed by atoms with Crippen LogP contribution >= 0.6 is 0 Å². The third kappa shape index (κ3) is 3.39. The number of hydrogen-bond donors (Lipinski definition) is 2. The van der Waals surface area contributed by atoms with Gasteiger partial charge in [-0.2, -0.15) is 0 Å². The summed E-state index contributed by atoms with van der Waals surface area (Å²) < 4.78 is 30.5. The number of phenolic OH excluding ortho intramolecular Hbond substituents is 1. The van der Waals surface area contributed by atoms with Gasteiger partial charge in [0.2, 0.25) is 0 Å². The summed E-state index contributed by atoms with van der Waals surface area (Å²) in [4.78, 5) is 11.2. The molecule has 1 aromatic carbocycles. The van der Waals surface area contributed by atoms with Crippen molar-refractivity contribution in [2.75, 3.05) is 6.61 Å². The standard InChI is InChI=1S/C11H13F2NO3/c1-2-17-11(16)9(14)4-6-3-7(12)5-8(13)10(6)15/h3,5,9,15H,2,4,14H2,1H3. The molecule has 0 saturated heterocycles. The van der Waals surface area contributed by atoms with E-state index in [0.717, 1.165) is 6.07 Å². The number of carbonyl (C=O) groups is 1. The molecule has 0 amide bonds. The highest BCUT2D eigenvalue weighted by Gasteiger charge is 2.19. The van der Waals surface area contributed by atoms with Crippen molar-refractivity contribution in [2.45, 2.75) is 19.4 Å². The molecule has 0 saturated carbocycles. The second kappa shape index (κ2) is 5.58. The van der Waals surface area contributed by atoms with Gasteiger partial charge in [0.25, 0.3) is 0 Å². The Morgan fingerprint density at radius 3 is 2.76 bits per heavy atom. The quantitative estimate of drug-likeness (QED) is 0.779. The summed E-state index contributed by atoms with van der Waals surface area (Å²) in [5, 5.41) is 9.33. The molecule has 17 heavy (non-hydrogen) atoms. The minimum atomic E-state index is -1.09. The zero-order valence-electron chi connectivity index (χ0n) is 9.24. The summed E-state index contributed by atoms with van der Waals surface area (Å²) in [5.74, 6) is -3.31. The average molecular weight is 245 g/mol. The van der Waals surface area contributed by atoms with Gasteiger partial charge >= 0.3 is 5.97 Å². The summed E-state index contributed by atoms with van der Waals surface area (Å²) in [6, 6.07) is 0.411. The maximum Gasteiger partial charge on any atom is 0.323 e. The fourth-order valence-corrected chi connectivity index (χ4v) is 1.34. The normalized spacial score (nSPS) is 12.2. The van der Waals surface area contributed by atoms with Crippen LogP contribution in [0.3, 0.4) is 0 Å². The maximum absolute atomic E-state index is 13.0. The van der Waals surface area contributed by atoms with Gasteiger partial charge in [-0.25, -0.2) is 8.78 Å². The number of hydrogen-bond acceptors (Lipinski definition) is 4. The molecular weight excluding hydrogens is 232 g/mol. The van der Waals surface area contributed by atoms with Crippen molar-refractivity contribution in [2.24, 2.45) is 5.73 Å². The molecule has 1 atom stereocenters. The number of nitrogens with two attached hydrogens (primary N) is 1. The largest absolute Gasteiger partial charge is 0.505 e. The van der Waals surface area contributed by atoms with Crippen molar-refractivity contribution in [3.05, 3.63) is 29.3 Å². The van der Waals surface area contributed by atoms with Crippen LogP contribution in [0.4, 0.5) is 8.78 Å². The summed E-state index contributed by atoms with van der Waals surface area (Å²) in [6.45, 7) is 1.78. The van der Waals surface area contributed by atoms with Gasteiger partial charge in [-0.05, 0) is 13.0 Å². The highest BCUT2D eigenvalue weighted by atomic mass is 19.1. The van der Waals surface area contributed by atoms with Gasteiger partial charge < -0.3 is 15.6 Å². The number of halogens is 2. The predicted octanol–water partition coefficient (Wildman–Crippen LogP) is 1.10. The molecule has 0 heterocycles. The Morgan fingerprint density at radius 1 is 1.53 bits per heavy atom. The smallest absolute Gasteiger partial charge is 0.323 e. The summed E-state index contributed by atoms with van der Waals surface area (Å²) in [7, 11) is 0. The monoisotopic (exact) mass is 245 g/mol. The van der Waals surface area contributed by atoms with E-state index in [1.165, 1.54) is 0 Å². The van der Waals surface area contributed by atoms with E-state index in [-0.39, 0.29) is 18.6 Å². The average Bonchev–Trinajstić information content (AvgIpc) is 2.25. The Kier molecular flexibility index (Phi) is 4.39. The lowest BCUT2D eigenvalue weighted by Gasteiger charge is -2.12. The van der Waals surface area contributed by atoms with E-state index in [1.54, 1.807) is 6.92 Å². The molecule has 1 aromatic rings. The van der Waals surface area contributed by atoms with Crippen LogP contribution < -0.4 is 5.73 Å². The molecule has 3 N–H and O–H groups in total. The lowest BCUT2D eigenvalue weighted by Crippen LogP contribution is -2.34. The van der Waals surface area contributed by atoms with Crippen LogP contribution in [0.5, 0.6) is 5.75 Å². The molecule has 0 aliphatic heterocycles. The van der Waals surface area contributed by atoms with Crippen LogP contribution in [0.25, 0.3) is 0 Å². The third-order valence-corrected chi connectivity index (χ3v) is 2.14. The minimum Gasteiger partial charge on any atom is -0.505 e. The highest BCUT2D eigenvalue weighted by Crippen LogP contribution is 2.23. The molecule has 0 fully saturated rings. The second-order valence-corrected chi connectivity index (χ2v) is 3.46. The van der Waals surface area contributed by atoms with E-state index in [2.05, 4.69) is 4.74 Å². The molecule has 0 bridgehead atoms. The lowest BCUT2D eigenvalue weighted by molar-refractivity contribution is -0.144. The molecule has 0 radical (unpaired) electrons. The Bertz CT molecular complexity index is 423. The highest BCUT2D eigenvalue weighted by molar-refractivity contribution is 5.76. The summed E-state index contributed by atoms with van der Waals surface area (Å²) in [5.41, 5.74) is 5.41. The van der Waals surface area contributed by atoms with Crippen LogP contribution in [0.2, 0.25) is 0 Å². The van der Waals surface area contributed by atoms with Gasteiger partial charge in [-0.15, -0.1) is 0 Å². The Labute approximate surface area is 97.0 Å². The van der Waals surface area contributed by atoms with E-state index in [9.17, 15) is 18.7 Å². The molecule has 0 aliphatic rings. The van der Waals surface area contributed by atoms with Gasteiger partial charge in [0, 0.05) is 18.1 Å². The predicted molar refractivity (Wildman–Crippen MR) is 56.3 cm³/mol.